The first-order chi connectivity index (χ1) is 12.0. The third-order valence-electron chi connectivity index (χ3n) is 3.74. The van der Waals surface area contributed by atoms with E-state index in [0.717, 1.165) is 16.2 Å². The summed E-state index contributed by atoms with van der Waals surface area (Å²) in [5.74, 6) is 0.264. The highest BCUT2D eigenvalue weighted by atomic mass is 35.5. The molecule has 0 aliphatic carbocycles. The maximum Gasteiger partial charge on any atom is 0.253 e. The van der Waals surface area contributed by atoms with Crippen molar-refractivity contribution >= 4 is 46.5 Å². The number of nitrogens with one attached hydrogen (secondary N) is 2. The molecule has 0 radical (unpaired) electrons. The molecule has 0 saturated heterocycles. The van der Waals surface area contributed by atoms with Crippen LogP contribution in [0.4, 0.5) is 0 Å². The van der Waals surface area contributed by atoms with E-state index in [2.05, 4.69) is 10.6 Å². The number of hydrogen-bond acceptors (Lipinski definition) is 4. The van der Waals surface area contributed by atoms with Crippen LogP contribution in [0, 0.1) is 6.92 Å². The van der Waals surface area contributed by atoms with Gasteiger partial charge in [-0.25, -0.2) is 0 Å². The molecule has 25 heavy (non-hydrogen) atoms. The van der Waals surface area contributed by atoms with Crippen molar-refractivity contribution in [1.29, 1.82) is 0 Å². The summed E-state index contributed by atoms with van der Waals surface area (Å²) >= 11 is 9.32. The van der Waals surface area contributed by atoms with Gasteiger partial charge >= 0.3 is 0 Å². The molecule has 0 aliphatic heterocycles. The van der Waals surface area contributed by atoms with Crippen LogP contribution in [-0.2, 0) is 11.3 Å². The van der Waals surface area contributed by atoms with Crippen molar-refractivity contribution in [2.75, 3.05) is 12.0 Å². The Labute approximate surface area is 161 Å². The van der Waals surface area contributed by atoms with Crippen molar-refractivity contribution in [1.82, 2.24) is 10.6 Å². The summed E-state index contributed by atoms with van der Waals surface area (Å²) in [7, 11) is 0. The van der Waals surface area contributed by atoms with Gasteiger partial charge in [0.2, 0.25) is 5.91 Å². The van der Waals surface area contributed by atoms with Crippen LogP contribution in [0.1, 0.15) is 27.2 Å². The third kappa shape index (κ3) is 5.76. The summed E-state index contributed by atoms with van der Waals surface area (Å²) in [5, 5.41) is 8.10. The smallest absolute Gasteiger partial charge is 0.253 e. The molecule has 2 rings (SSSR count). The molecule has 134 valence electrons. The van der Waals surface area contributed by atoms with Crippen LogP contribution in [0.15, 0.2) is 35.7 Å². The molecule has 1 unspecified atom stereocenters. The molecule has 1 atom stereocenters. The maximum atomic E-state index is 12.5. The molecular formula is C18H21ClN2O2S2. The topological polar surface area (TPSA) is 58.2 Å². The number of amides is 2. The van der Waals surface area contributed by atoms with Gasteiger partial charge in [0.05, 0.1) is 17.1 Å². The van der Waals surface area contributed by atoms with E-state index in [0.29, 0.717) is 23.6 Å². The molecule has 0 aliphatic rings. The highest BCUT2D eigenvalue weighted by Crippen LogP contribution is 2.16. The van der Waals surface area contributed by atoms with Gasteiger partial charge in [-0.3, -0.25) is 9.59 Å². The Morgan fingerprint density at radius 1 is 1.28 bits per heavy atom. The largest absolute Gasteiger partial charge is 0.349 e. The Morgan fingerprint density at radius 3 is 2.68 bits per heavy atom. The van der Waals surface area contributed by atoms with E-state index in [1.54, 1.807) is 47.4 Å². The maximum absolute atomic E-state index is 12.5. The van der Waals surface area contributed by atoms with E-state index in [9.17, 15) is 9.59 Å². The fraction of sp³-hybridized carbons (Fsp3) is 0.333. The fourth-order valence-electron chi connectivity index (χ4n) is 2.26. The van der Waals surface area contributed by atoms with Crippen LogP contribution in [0.5, 0.6) is 0 Å². The number of hydrogen-bond donors (Lipinski definition) is 2. The van der Waals surface area contributed by atoms with Crippen molar-refractivity contribution in [3.63, 3.8) is 0 Å². The lowest BCUT2D eigenvalue weighted by Gasteiger charge is -2.18. The molecule has 1 heterocycles. The van der Waals surface area contributed by atoms with Gasteiger partial charge in [-0.1, -0.05) is 23.7 Å². The number of aryl methyl sites for hydroxylation is 1. The minimum Gasteiger partial charge on any atom is -0.349 e. The first-order valence-corrected chi connectivity index (χ1v) is 10.5. The van der Waals surface area contributed by atoms with Gasteiger partial charge in [0.25, 0.3) is 5.91 Å². The lowest BCUT2D eigenvalue weighted by atomic mass is 10.1. The Hall–Kier alpha value is -1.50. The highest BCUT2D eigenvalue weighted by molar-refractivity contribution is 7.98. The molecule has 0 saturated carbocycles. The standard InChI is InChI=1S/C18H21ClN2O2S2/c1-12-7-10-25-16(12)11-20-18(23)15(8-9-24-2)21-17(22)13-5-3-4-6-14(13)19/h3-7,10,15H,8-9,11H2,1-2H3,(H,20,23)(H,21,22). The van der Waals surface area contributed by atoms with Gasteiger partial charge in [-0.2, -0.15) is 11.8 Å². The number of thiophene rings is 1. The number of benzene rings is 1. The highest BCUT2D eigenvalue weighted by Gasteiger charge is 2.22. The van der Waals surface area contributed by atoms with Crippen molar-refractivity contribution in [2.45, 2.75) is 25.9 Å². The Morgan fingerprint density at radius 2 is 2.04 bits per heavy atom. The minimum atomic E-state index is -0.587. The first-order valence-electron chi connectivity index (χ1n) is 7.88. The molecular weight excluding hydrogens is 376 g/mol. The SMILES string of the molecule is CSCCC(NC(=O)c1ccccc1Cl)C(=O)NCc1sccc1C. The number of carbonyl (C=O) groups is 2. The van der Waals surface area contributed by atoms with Crippen LogP contribution in [0.2, 0.25) is 5.02 Å². The quantitative estimate of drug-likeness (QED) is 0.711. The monoisotopic (exact) mass is 396 g/mol. The minimum absolute atomic E-state index is 0.178. The second-order valence-corrected chi connectivity index (χ2v) is 7.93. The summed E-state index contributed by atoms with van der Waals surface area (Å²) in [4.78, 5) is 26.1. The zero-order valence-electron chi connectivity index (χ0n) is 14.2. The second-order valence-electron chi connectivity index (χ2n) is 5.53. The molecule has 4 nitrogen and oxygen atoms in total. The van der Waals surface area contributed by atoms with Gasteiger partial charge in [0.15, 0.2) is 0 Å². The fourth-order valence-corrected chi connectivity index (χ4v) is 3.80. The Kier molecular flexibility index (Phi) is 7.81. The normalized spacial score (nSPS) is 11.8. The number of halogens is 1. The molecule has 1 aromatic heterocycles. The molecule has 2 N–H and O–H groups in total. The van der Waals surface area contributed by atoms with Gasteiger partial charge in [-0.05, 0) is 54.5 Å². The molecule has 7 heteroatoms. The molecule has 2 aromatic rings. The predicted molar refractivity (Wildman–Crippen MR) is 107 cm³/mol. The van der Waals surface area contributed by atoms with Crippen molar-refractivity contribution in [2.24, 2.45) is 0 Å². The van der Waals surface area contributed by atoms with E-state index in [-0.39, 0.29) is 11.8 Å². The zero-order valence-corrected chi connectivity index (χ0v) is 16.6. The molecule has 2 amide bonds. The average Bonchev–Trinajstić information content (AvgIpc) is 3.01. The second kappa shape index (κ2) is 9.85. The summed E-state index contributed by atoms with van der Waals surface area (Å²) in [6, 6.07) is 8.26. The van der Waals surface area contributed by atoms with Crippen LogP contribution >= 0.6 is 34.7 Å². The van der Waals surface area contributed by atoms with E-state index in [4.69, 9.17) is 11.6 Å². The summed E-state index contributed by atoms with van der Waals surface area (Å²) in [5.41, 5.74) is 1.53. The average molecular weight is 397 g/mol. The predicted octanol–water partition coefficient (Wildman–Crippen LogP) is 3.88. The van der Waals surface area contributed by atoms with Crippen LogP contribution in [0.25, 0.3) is 0 Å². The van der Waals surface area contributed by atoms with E-state index >= 15 is 0 Å². The van der Waals surface area contributed by atoms with Crippen LogP contribution in [-0.4, -0.2) is 29.9 Å². The van der Waals surface area contributed by atoms with E-state index in [1.165, 1.54) is 0 Å². The summed E-state index contributed by atoms with van der Waals surface area (Å²) in [6.45, 7) is 2.49. The van der Waals surface area contributed by atoms with Crippen molar-refractivity contribution in [3.8, 4) is 0 Å². The van der Waals surface area contributed by atoms with Crippen molar-refractivity contribution < 1.29 is 9.59 Å². The lowest BCUT2D eigenvalue weighted by Crippen LogP contribution is -2.46. The Bertz CT molecular complexity index is 733. The lowest BCUT2D eigenvalue weighted by molar-refractivity contribution is -0.123. The van der Waals surface area contributed by atoms with Crippen LogP contribution < -0.4 is 10.6 Å². The molecule has 0 fully saturated rings. The molecule has 0 bridgehead atoms. The Balaban J connectivity index is 2.02. The van der Waals surface area contributed by atoms with Gasteiger partial charge in [0, 0.05) is 4.88 Å². The number of rotatable bonds is 8. The van der Waals surface area contributed by atoms with E-state index < -0.39 is 6.04 Å². The van der Waals surface area contributed by atoms with Gasteiger partial charge in [0.1, 0.15) is 6.04 Å². The first kappa shape index (κ1) is 19.8. The molecule has 0 spiro atoms. The van der Waals surface area contributed by atoms with Crippen LogP contribution in [0.3, 0.4) is 0 Å². The van der Waals surface area contributed by atoms with Gasteiger partial charge < -0.3 is 10.6 Å². The zero-order chi connectivity index (χ0) is 18.2. The summed E-state index contributed by atoms with van der Waals surface area (Å²) < 4.78 is 0. The number of thioether (sulfide) groups is 1. The summed E-state index contributed by atoms with van der Waals surface area (Å²) in [6.07, 6.45) is 2.53. The molecule has 1 aromatic carbocycles. The van der Waals surface area contributed by atoms with Crippen molar-refractivity contribution in [3.05, 3.63) is 56.7 Å². The van der Waals surface area contributed by atoms with Gasteiger partial charge in [-0.15, -0.1) is 11.3 Å². The van der Waals surface area contributed by atoms with E-state index in [1.807, 2.05) is 24.6 Å². The third-order valence-corrected chi connectivity index (χ3v) is 5.74. The number of carbonyl (C=O) groups excluding carboxylic acids is 2.